The Morgan fingerprint density at radius 3 is 2.22 bits per heavy atom. The van der Waals surface area contributed by atoms with E-state index in [0.29, 0.717) is 37.8 Å². The van der Waals surface area contributed by atoms with Gasteiger partial charge in [-0.15, -0.1) is 0 Å². The predicted octanol–water partition coefficient (Wildman–Crippen LogP) is 4.15. The van der Waals surface area contributed by atoms with Crippen molar-refractivity contribution in [3.8, 4) is 5.75 Å². The highest BCUT2D eigenvalue weighted by atomic mass is 32.2. The van der Waals surface area contributed by atoms with Crippen LogP contribution in [0.4, 0.5) is 5.69 Å². The first kappa shape index (κ1) is 25.7. The number of ether oxygens (including phenoxy) is 2. The van der Waals surface area contributed by atoms with Gasteiger partial charge in [0.1, 0.15) is 12.3 Å². The van der Waals surface area contributed by atoms with Crippen LogP contribution in [0.25, 0.3) is 0 Å². The van der Waals surface area contributed by atoms with Gasteiger partial charge in [-0.2, -0.15) is 0 Å². The van der Waals surface area contributed by atoms with Crippen molar-refractivity contribution in [1.82, 2.24) is 5.32 Å². The van der Waals surface area contributed by atoms with E-state index in [-0.39, 0.29) is 22.8 Å². The molecule has 0 aliphatic carbocycles. The molecular formula is C28H32N2O5S. The van der Waals surface area contributed by atoms with Gasteiger partial charge in [0.15, 0.2) is 0 Å². The number of rotatable bonds is 10. The Hall–Kier alpha value is -3.36. The summed E-state index contributed by atoms with van der Waals surface area (Å²) in [6, 6.07) is 25.1. The fourth-order valence-corrected chi connectivity index (χ4v) is 5.99. The standard InChI is InChI=1S/C28H32N2O5S/c1-2-35-26-16-10-9-15-25(26)30(36(32,33)24-13-7-4-8-14-24)21-27(31)29-22-28(17-19-34-20-18-28)23-11-5-3-6-12-23/h3-16H,2,17-22H2,1H3,(H,29,31). The number of carbonyl (C=O) groups is 1. The Labute approximate surface area is 213 Å². The topological polar surface area (TPSA) is 84.9 Å². The molecule has 0 unspecified atom stereocenters. The summed E-state index contributed by atoms with van der Waals surface area (Å²) in [6.07, 6.45) is 1.55. The van der Waals surface area contributed by atoms with Crippen LogP contribution < -0.4 is 14.4 Å². The molecule has 1 heterocycles. The van der Waals surface area contributed by atoms with Crippen molar-refractivity contribution in [3.05, 3.63) is 90.5 Å². The van der Waals surface area contributed by atoms with Crippen LogP contribution in [-0.2, 0) is 25.0 Å². The maximum Gasteiger partial charge on any atom is 0.264 e. The molecule has 0 saturated carbocycles. The first-order valence-electron chi connectivity index (χ1n) is 12.2. The second-order valence-corrected chi connectivity index (χ2v) is 10.6. The van der Waals surface area contributed by atoms with E-state index in [1.165, 1.54) is 12.1 Å². The van der Waals surface area contributed by atoms with E-state index in [2.05, 4.69) is 17.4 Å². The van der Waals surface area contributed by atoms with Gasteiger partial charge in [-0.05, 0) is 49.6 Å². The summed E-state index contributed by atoms with van der Waals surface area (Å²) in [5.41, 5.74) is 1.20. The summed E-state index contributed by atoms with van der Waals surface area (Å²) < 4.78 is 39.8. The average molecular weight is 509 g/mol. The molecule has 0 spiro atoms. The van der Waals surface area contributed by atoms with Crippen LogP contribution in [0.1, 0.15) is 25.3 Å². The average Bonchev–Trinajstić information content (AvgIpc) is 2.93. The van der Waals surface area contributed by atoms with Crippen LogP contribution in [0.5, 0.6) is 5.75 Å². The van der Waals surface area contributed by atoms with Crippen LogP contribution in [0.15, 0.2) is 89.8 Å². The van der Waals surface area contributed by atoms with Gasteiger partial charge >= 0.3 is 0 Å². The quantitative estimate of drug-likeness (QED) is 0.445. The van der Waals surface area contributed by atoms with Gasteiger partial charge in [-0.3, -0.25) is 9.10 Å². The Morgan fingerprint density at radius 2 is 1.56 bits per heavy atom. The van der Waals surface area contributed by atoms with E-state index in [9.17, 15) is 13.2 Å². The highest BCUT2D eigenvalue weighted by molar-refractivity contribution is 7.92. The highest BCUT2D eigenvalue weighted by Gasteiger charge is 2.35. The molecule has 1 fully saturated rings. The van der Waals surface area contributed by atoms with Crippen molar-refractivity contribution in [2.24, 2.45) is 0 Å². The van der Waals surface area contributed by atoms with Crippen LogP contribution >= 0.6 is 0 Å². The molecule has 1 N–H and O–H groups in total. The number of carbonyl (C=O) groups excluding carboxylic acids is 1. The third kappa shape index (κ3) is 5.71. The normalized spacial score (nSPS) is 15.1. The Morgan fingerprint density at radius 1 is 0.944 bits per heavy atom. The van der Waals surface area contributed by atoms with Gasteiger partial charge in [-0.1, -0.05) is 60.7 Å². The largest absolute Gasteiger partial charge is 0.492 e. The van der Waals surface area contributed by atoms with Crippen molar-refractivity contribution in [2.45, 2.75) is 30.1 Å². The number of hydrogen-bond acceptors (Lipinski definition) is 5. The lowest BCUT2D eigenvalue weighted by atomic mass is 9.74. The summed E-state index contributed by atoms with van der Waals surface area (Å²) >= 11 is 0. The number of anilines is 1. The molecule has 1 saturated heterocycles. The monoisotopic (exact) mass is 508 g/mol. The van der Waals surface area contributed by atoms with E-state index >= 15 is 0 Å². The Bertz CT molecular complexity index is 1240. The van der Waals surface area contributed by atoms with Crippen LogP contribution in [0, 0.1) is 0 Å². The van der Waals surface area contributed by atoms with E-state index in [1.807, 2.05) is 25.1 Å². The number of para-hydroxylation sites is 2. The molecular weight excluding hydrogens is 476 g/mol. The molecule has 1 aliphatic rings. The lowest BCUT2D eigenvalue weighted by Gasteiger charge is -2.38. The van der Waals surface area contributed by atoms with Crippen molar-refractivity contribution < 1.29 is 22.7 Å². The number of nitrogens with zero attached hydrogens (tertiary/aromatic N) is 1. The molecule has 36 heavy (non-hydrogen) atoms. The second-order valence-electron chi connectivity index (χ2n) is 8.76. The number of nitrogens with one attached hydrogen (secondary N) is 1. The zero-order chi connectivity index (χ0) is 25.4. The second kappa shape index (κ2) is 11.6. The molecule has 3 aromatic rings. The molecule has 8 heteroatoms. The van der Waals surface area contributed by atoms with Gasteiger partial charge in [0, 0.05) is 25.2 Å². The molecule has 7 nitrogen and oxygen atoms in total. The molecule has 190 valence electrons. The van der Waals surface area contributed by atoms with E-state index in [0.717, 1.165) is 22.7 Å². The fourth-order valence-electron chi connectivity index (χ4n) is 4.54. The number of sulfonamides is 1. The van der Waals surface area contributed by atoms with Crippen molar-refractivity contribution in [3.63, 3.8) is 0 Å². The SMILES string of the molecule is CCOc1ccccc1N(CC(=O)NCC1(c2ccccc2)CCOCC1)S(=O)(=O)c1ccccc1. The zero-order valence-corrected chi connectivity index (χ0v) is 21.2. The molecule has 4 rings (SSSR count). The Balaban J connectivity index is 1.61. The molecule has 0 bridgehead atoms. The molecule has 3 aromatic carbocycles. The van der Waals surface area contributed by atoms with Crippen LogP contribution in [-0.4, -0.2) is 47.2 Å². The maximum absolute atomic E-state index is 13.7. The predicted molar refractivity (Wildman–Crippen MR) is 140 cm³/mol. The van der Waals surface area contributed by atoms with Gasteiger partial charge in [-0.25, -0.2) is 8.42 Å². The minimum atomic E-state index is -4.03. The third-order valence-electron chi connectivity index (χ3n) is 6.51. The molecule has 0 aromatic heterocycles. The van der Waals surface area contributed by atoms with Gasteiger partial charge in [0.25, 0.3) is 10.0 Å². The van der Waals surface area contributed by atoms with Crippen molar-refractivity contribution >= 4 is 21.6 Å². The lowest BCUT2D eigenvalue weighted by molar-refractivity contribution is -0.120. The number of benzene rings is 3. The summed E-state index contributed by atoms with van der Waals surface area (Å²) in [5.74, 6) is 0.0140. The van der Waals surface area contributed by atoms with Crippen molar-refractivity contribution in [1.29, 1.82) is 0 Å². The maximum atomic E-state index is 13.7. The fraction of sp³-hybridized carbons (Fsp3) is 0.321. The molecule has 0 atom stereocenters. The van der Waals surface area contributed by atoms with E-state index < -0.39 is 10.0 Å². The first-order valence-corrected chi connectivity index (χ1v) is 13.6. The minimum absolute atomic E-state index is 0.106. The zero-order valence-electron chi connectivity index (χ0n) is 20.4. The first-order chi connectivity index (χ1) is 17.5. The Kier molecular flexibility index (Phi) is 8.28. The van der Waals surface area contributed by atoms with E-state index in [4.69, 9.17) is 9.47 Å². The highest BCUT2D eigenvalue weighted by Crippen LogP contribution is 2.35. The van der Waals surface area contributed by atoms with E-state index in [1.54, 1.807) is 42.5 Å². The van der Waals surface area contributed by atoms with Gasteiger partial charge in [0.05, 0.1) is 17.2 Å². The van der Waals surface area contributed by atoms with Crippen LogP contribution in [0.2, 0.25) is 0 Å². The lowest BCUT2D eigenvalue weighted by Crippen LogP contribution is -2.48. The number of amides is 1. The van der Waals surface area contributed by atoms with Gasteiger partial charge in [0.2, 0.25) is 5.91 Å². The summed E-state index contributed by atoms with van der Waals surface area (Å²) in [7, 11) is -4.03. The van der Waals surface area contributed by atoms with Crippen molar-refractivity contribution in [2.75, 3.05) is 37.2 Å². The summed E-state index contributed by atoms with van der Waals surface area (Å²) in [6.45, 7) is 3.44. The smallest absolute Gasteiger partial charge is 0.264 e. The third-order valence-corrected chi connectivity index (χ3v) is 8.29. The van der Waals surface area contributed by atoms with Crippen LogP contribution in [0.3, 0.4) is 0 Å². The molecule has 0 radical (unpaired) electrons. The molecule has 1 aliphatic heterocycles. The minimum Gasteiger partial charge on any atom is -0.492 e. The summed E-state index contributed by atoms with van der Waals surface area (Å²) in [5, 5.41) is 3.03. The van der Waals surface area contributed by atoms with Gasteiger partial charge < -0.3 is 14.8 Å². The molecule has 1 amide bonds. The summed E-state index contributed by atoms with van der Waals surface area (Å²) in [4.78, 5) is 13.4. The number of hydrogen-bond donors (Lipinski definition) is 1.